The second kappa shape index (κ2) is 38.7. The number of ether oxygens (including phenoxy) is 2. The van der Waals surface area contributed by atoms with Crippen molar-refractivity contribution in [3.63, 3.8) is 0 Å². The maximum atomic E-state index is 12.6. The van der Waals surface area contributed by atoms with Gasteiger partial charge in [0.15, 0.2) is 6.10 Å². The van der Waals surface area contributed by atoms with Gasteiger partial charge < -0.3 is 29.7 Å². The predicted octanol–water partition coefficient (Wildman–Crippen LogP) is 10.4. The minimum Gasteiger partial charge on any atom is -0.462 e. The van der Waals surface area contributed by atoms with Crippen molar-refractivity contribution in [1.82, 2.24) is 0 Å². The first-order chi connectivity index (χ1) is 27.0. The molecule has 56 heavy (non-hydrogen) atoms. The highest BCUT2D eigenvalue weighted by Crippen LogP contribution is 2.43. The first-order valence-electron chi connectivity index (χ1n) is 21.9. The Morgan fingerprint density at radius 2 is 1.21 bits per heavy atom. The fourth-order valence-electron chi connectivity index (χ4n) is 5.89. The molecule has 0 rings (SSSR count). The van der Waals surface area contributed by atoms with Crippen LogP contribution >= 0.6 is 7.82 Å². The van der Waals surface area contributed by atoms with Crippen LogP contribution in [-0.4, -0.2) is 76.9 Å². The van der Waals surface area contributed by atoms with Gasteiger partial charge in [-0.15, -0.1) is 0 Å². The summed E-state index contributed by atoms with van der Waals surface area (Å²) in [5.74, 6) is -0.318. The van der Waals surface area contributed by atoms with Crippen molar-refractivity contribution in [3.05, 3.63) is 36.5 Å². The number of unbranched alkanes of at least 4 members (excludes halogenated alkanes) is 17. The Balaban J connectivity index is 4.48. The van der Waals surface area contributed by atoms with Crippen molar-refractivity contribution in [2.24, 2.45) is 5.92 Å². The van der Waals surface area contributed by atoms with Gasteiger partial charge in [-0.25, -0.2) is 4.57 Å². The molecule has 0 aromatic heterocycles. The number of aliphatic hydroxyl groups excluding tert-OH is 3. The summed E-state index contributed by atoms with van der Waals surface area (Å²) in [6, 6.07) is 0. The molecule has 0 saturated carbocycles. The molecule has 4 N–H and O–H groups in total. The van der Waals surface area contributed by atoms with Crippen molar-refractivity contribution in [3.8, 4) is 0 Å². The number of hydrogen-bond donors (Lipinski definition) is 4. The molecule has 0 heterocycles. The summed E-state index contributed by atoms with van der Waals surface area (Å²) < 4.78 is 32.6. The zero-order chi connectivity index (χ0) is 41.5. The highest BCUT2D eigenvalue weighted by Gasteiger charge is 2.27. The number of phosphoric acid groups is 1. The van der Waals surface area contributed by atoms with Gasteiger partial charge in [0, 0.05) is 12.8 Å². The predicted molar refractivity (Wildman–Crippen MR) is 225 cm³/mol. The van der Waals surface area contributed by atoms with E-state index in [1.54, 1.807) is 12.2 Å². The van der Waals surface area contributed by atoms with Gasteiger partial charge in [0.1, 0.15) is 12.7 Å². The molecular weight excluding hydrogens is 735 g/mol. The molecule has 0 saturated heterocycles. The molecule has 0 aliphatic rings. The van der Waals surface area contributed by atoms with E-state index in [2.05, 4.69) is 37.4 Å². The van der Waals surface area contributed by atoms with Crippen LogP contribution in [0.4, 0.5) is 0 Å². The lowest BCUT2D eigenvalue weighted by Gasteiger charge is -2.20. The average Bonchev–Trinajstić information content (AvgIpc) is 3.16. The molecule has 11 nitrogen and oxygen atoms in total. The average molecular weight is 817 g/mol. The fourth-order valence-corrected chi connectivity index (χ4v) is 6.68. The quantitative estimate of drug-likeness (QED) is 0.0153. The zero-order valence-electron chi connectivity index (χ0n) is 35.4. The van der Waals surface area contributed by atoms with Crippen LogP contribution < -0.4 is 0 Å². The Bertz CT molecular complexity index is 1060. The minimum absolute atomic E-state index is 0.0387. The lowest BCUT2D eigenvalue weighted by atomic mass is 10.0. The summed E-state index contributed by atoms with van der Waals surface area (Å²) in [6.45, 7) is 4.48. The van der Waals surface area contributed by atoms with Gasteiger partial charge in [-0.05, 0) is 44.4 Å². The standard InChI is InChI=1S/C44H81O11P/c1-4-5-6-7-8-9-10-11-15-18-21-24-27-31-40(46)32-29-34-44(49)55-42(38-54-56(50,51)53-36-41(47)35-45)37-52-43(48)33-28-25-22-19-16-13-12-14-17-20-23-26-30-39(2)3/h11,15,21,24,27,31,39-42,45-47H,4-10,12-14,16-20,22-23,25-26,28-30,32-38H2,1-3H3,(H,50,51)/b15-11+,24-21+,31-27+/t40?,41-,42+/m0/s1. The number of allylic oxidation sites excluding steroid dienone is 5. The minimum atomic E-state index is -4.67. The molecular formula is C44H81O11P. The van der Waals surface area contributed by atoms with Gasteiger partial charge in [0.05, 0.1) is 25.9 Å². The van der Waals surface area contributed by atoms with Crippen LogP contribution in [0.1, 0.15) is 181 Å². The van der Waals surface area contributed by atoms with E-state index in [0.29, 0.717) is 19.3 Å². The Hall–Kier alpha value is -1.85. The summed E-state index contributed by atoms with van der Waals surface area (Å²) >= 11 is 0. The van der Waals surface area contributed by atoms with Crippen LogP contribution in [0.5, 0.6) is 0 Å². The first kappa shape index (κ1) is 54.2. The third kappa shape index (κ3) is 39.0. The smallest absolute Gasteiger partial charge is 0.462 e. The number of carbonyl (C=O) groups is 2. The van der Waals surface area contributed by atoms with E-state index < -0.39 is 57.9 Å². The summed E-state index contributed by atoms with van der Waals surface area (Å²) in [6.07, 6.45) is 34.3. The van der Waals surface area contributed by atoms with Crippen LogP contribution in [0.25, 0.3) is 0 Å². The zero-order valence-corrected chi connectivity index (χ0v) is 36.3. The fraction of sp³-hybridized carbons (Fsp3) is 0.818. The van der Waals surface area contributed by atoms with Crippen molar-refractivity contribution in [1.29, 1.82) is 0 Å². The highest BCUT2D eigenvalue weighted by atomic mass is 31.2. The highest BCUT2D eigenvalue weighted by molar-refractivity contribution is 7.47. The monoisotopic (exact) mass is 817 g/mol. The van der Waals surface area contributed by atoms with Gasteiger partial charge >= 0.3 is 19.8 Å². The third-order valence-corrected chi connectivity index (χ3v) is 10.3. The number of hydrogen-bond acceptors (Lipinski definition) is 10. The van der Waals surface area contributed by atoms with Crippen molar-refractivity contribution in [2.75, 3.05) is 26.4 Å². The van der Waals surface area contributed by atoms with Crippen LogP contribution in [-0.2, 0) is 32.7 Å². The lowest BCUT2D eigenvalue weighted by molar-refractivity contribution is -0.161. The molecule has 328 valence electrons. The Labute approximate surface area is 340 Å². The van der Waals surface area contributed by atoms with Crippen LogP contribution in [0.2, 0.25) is 0 Å². The van der Waals surface area contributed by atoms with Gasteiger partial charge in [0.25, 0.3) is 0 Å². The topological polar surface area (TPSA) is 169 Å². The number of phosphoric ester groups is 1. The van der Waals surface area contributed by atoms with E-state index in [1.165, 1.54) is 96.3 Å². The Kier molecular flexibility index (Phi) is 37.4. The molecule has 0 radical (unpaired) electrons. The molecule has 0 bridgehead atoms. The number of esters is 2. The normalized spacial score (nSPS) is 14.9. The van der Waals surface area contributed by atoms with Crippen molar-refractivity contribution in [2.45, 2.75) is 200 Å². The van der Waals surface area contributed by atoms with Crippen LogP contribution in [0.15, 0.2) is 36.5 Å². The van der Waals surface area contributed by atoms with E-state index >= 15 is 0 Å². The second-order valence-electron chi connectivity index (χ2n) is 15.4. The molecule has 0 spiro atoms. The maximum Gasteiger partial charge on any atom is 0.472 e. The van der Waals surface area contributed by atoms with Gasteiger partial charge in [-0.3, -0.25) is 18.6 Å². The van der Waals surface area contributed by atoms with Crippen molar-refractivity contribution < 1.29 is 52.9 Å². The largest absolute Gasteiger partial charge is 0.472 e. The summed E-state index contributed by atoms with van der Waals surface area (Å²) in [4.78, 5) is 35.0. The summed E-state index contributed by atoms with van der Waals surface area (Å²) in [7, 11) is -4.67. The number of carbonyl (C=O) groups excluding carboxylic acids is 2. The molecule has 0 aromatic carbocycles. The molecule has 0 aromatic rings. The molecule has 0 aliphatic carbocycles. The van der Waals surface area contributed by atoms with Gasteiger partial charge in [0.2, 0.25) is 0 Å². The molecule has 0 amide bonds. The van der Waals surface area contributed by atoms with Gasteiger partial charge in [-0.2, -0.15) is 0 Å². The van der Waals surface area contributed by atoms with E-state index in [-0.39, 0.29) is 19.4 Å². The number of rotatable bonds is 40. The Morgan fingerprint density at radius 1 is 0.643 bits per heavy atom. The van der Waals surface area contributed by atoms with E-state index in [1.807, 2.05) is 12.2 Å². The number of aliphatic hydroxyl groups is 3. The van der Waals surface area contributed by atoms with E-state index in [0.717, 1.165) is 38.0 Å². The third-order valence-electron chi connectivity index (χ3n) is 9.33. The molecule has 0 aliphatic heterocycles. The molecule has 0 fully saturated rings. The Morgan fingerprint density at radius 3 is 1.84 bits per heavy atom. The van der Waals surface area contributed by atoms with Crippen molar-refractivity contribution >= 4 is 19.8 Å². The molecule has 12 heteroatoms. The summed E-state index contributed by atoms with van der Waals surface area (Å²) in [5, 5.41) is 28.6. The maximum absolute atomic E-state index is 12.6. The molecule has 2 unspecified atom stereocenters. The summed E-state index contributed by atoms with van der Waals surface area (Å²) in [5.41, 5.74) is 0. The first-order valence-corrected chi connectivity index (χ1v) is 23.4. The van der Waals surface area contributed by atoms with Gasteiger partial charge in [-0.1, -0.05) is 166 Å². The van der Waals surface area contributed by atoms with Crippen LogP contribution in [0, 0.1) is 5.92 Å². The second-order valence-corrected chi connectivity index (χ2v) is 16.9. The van der Waals surface area contributed by atoms with E-state index in [4.69, 9.17) is 19.1 Å². The van der Waals surface area contributed by atoms with E-state index in [9.17, 15) is 29.3 Å². The SMILES string of the molecule is CCCCCCCC/C=C/C/C=C/C=C/C(O)CCCC(=O)O[C@H](COC(=O)CCCCCCCCCCCCCCC(C)C)COP(=O)(O)OC[C@@H](O)CO. The lowest BCUT2D eigenvalue weighted by Crippen LogP contribution is -2.30. The molecule has 4 atom stereocenters. The van der Waals surface area contributed by atoms with Crippen LogP contribution in [0.3, 0.4) is 0 Å².